The summed E-state index contributed by atoms with van der Waals surface area (Å²) in [6.45, 7) is 4.10. The quantitative estimate of drug-likeness (QED) is 0.868. The first kappa shape index (κ1) is 12.4. The Morgan fingerprint density at radius 2 is 2.12 bits per heavy atom. The molecule has 0 fully saturated rings. The van der Waals surface area contributed by atoms with E-state index in [1.807, 2.05) is 13.8 Å². The predicted octanol–water partition coefficient (Wildman–Crippen LogP) is 2.21. The van der Waals surface area contributed by atoms with Crippen LogP contribution >= 0.6 is 0 Å². The van der Waals surface area contributed by atoms with E-state index in [4.69, 9.17) is 0 Å². The van der Waals surface area contributed by atoms with E-state index in [0.29, 0.717) is 25.3 Å². The molecule has 0 saturated heterocycles. The van der Waals surface area contributed by atoms with Crippen molar-refractivity contribution in [3.8, 4) is 0 Å². The van der Waals surface area contributed by atoms with Gasteiger partial charge in [0.1, 0.15) is 12.4 Å². The van der Waals surface area contributed by atoms with E-state index in [9.17, 15) is 13.2 Å². The molecular formula is C11H16F3N3. The lowest BCUT2D eigenvalue weighted by Crippen LogP contribution is -2.27. The molecule has 1 aliphatic heterocycles. The lowest BCUT2D eigenvalue weighted by molar-refractivity contribution is -0.141. The van der Waals surface area contributed by atoms with E-state index in [2.05, 4.69) is 10.3 Å². The number of hydrogen-bond donors (Lipinski definition) is 1. The van der Waals surface area contributed by atoms with Crippen molar-refractivity contribution in [2.75, 3.05) is 6.54 Å². The average Bonchev–Trinajstić information content (AvgIpc) is 2.55. The van der Waals surface area contributed by atoms with E-state index < -0.39 is 12.7 Å². The Kier molecular flexibility index (Phi) is 3.16. The molecule has 96 valence electrons. The molecule has 1 aromatic rings. The van der Waals surface area contributed by atoms with E-state index in [1.54, 1.807) is 0 Å². The van der Waals surface area contributed by atoms with Gasteiger partial charge in [-0.15, -0.1) is 0 Å². The standard InChI is InChI=1S/C11H16F3N3/c1-7(2)10-16-8-5-15-4-3-9(8)17(10)6-11(12,13)14/h7,15H,3-6H2,1-2H3. The highest BCUT2D eigenvalue weighted by molar-refractivity contribution is 5.21. The molecule has 3 nitrogen and oxygen atoms in total. The molecule has 0 bridgehead atoms. The first-order valence-corrected chi connectivity index (χ1v) is 5.74. The summed E-state index contributed by atoms with van der Waals surface area (Å²) < 4.78 is 39.1. The van der Waals surface area contributed by atoms with Gasteiger partial charge in [0, 0.05) is 31.1 Å². The fourth-order valence-electron chi connectivity index (χ4n) is 2.19. The van der Waals surface area contributed by atoms with Gasteiger partial charge in [-0.25, -0.2) is 4.98 Å². The minimum Gasteiger partial charge on any atom is -0.322 e. The third kappa shape index (κ3) is 2.62. The maximum absolute atomic E-state index is 12.6. The summed E-state index contributed by atoms with van der Waals surface area (Å²) in [7, 11) is 0. The molecule has 0 amide bonds. The second-order valence-electron chi connectivity index (χ2n) is 4.65. The highest BCUT2D eigenvalue weighted by Crippen LogP contribution is 2.26. The molecule has 0 aliphatic carbocycles. The predicted molar refractivity (Wildman–Crippen MR) is 57.8 cm³/mol. The van der Waals surface area contributed by atoms with Crippen LogP contribution in [0.15, 0.2) is 0 Å². The van der Waals surface area contributed by atoms with E-state index >= 15 is 0 Å². The molecule has 2 rings (SSSR count). The van der Waals surface area contributed by atoms with Crippen LogP contribution in [0.25, 0.3) is 0 Å². The van der Waals surface area contributed by atoms with Gasteiger partial charge in [-0.2, -0.15) is 13.2 Å². The van der Waals surface area contributed by atoms with Crippen molar-refractivity contribution < 1.29 is 13.2 Å². The van der Waals surface area contributed by atoms with Crippen LogP contribution in [-0.4, -0.2) is 22.3 Å². The number of hydrogen-bond acceptors (Lipinski definition) is 2. The molecule has 0 radical (unpaired) electrons. The van der Waals surface area contributed by atoms with Crippen LogP contribution in [0.1, 0.15) is 37.0 Å². The van der Waals surface area contributed by atoms with Gasteiger partial charge in [-0.05, 0) is 0 Å². The Balaban J connectivity index is 2.42. The van der Waals surface area contributed by atoms with Crippen LogP contribution in [-0.2, 0) is 19.5 Å². The van der Waals surface area contributed by atoms with Crippen LogP contribution < -0.4 is 5.32 Å². The van der Waals surface area contributed by atoms with E-state index in [0.717, 1.165) is 11.4 Å². The third-order valence-electron chi connectivity index (χ3n) is 2.87. The van der Waals surface area contributed by atoms with Gasteiger partial charge >= 0.3 is 6.18 Å². The summed E-state index contributed by atoms with van der Waals surface area (Å²) in [6, 6.07) is 0. The molecule has 1 aliphatic rings. The van der Waals surface area contributed by atoms with Crippen LogP contribution in [0.2, 0.25) is 0 Å². The molecule has 6 heteroatoms. The van der Waals surface area contributed by atoms with Crippen LogP contribution in [0.3, 0.4) is 0 Å². The van der Waals surface area contributed by atoms with Gasteiger partial charge < -0.3 is 9.88 Å². The molecule has 0 spiro atoms. The Morgan fingerprint density at radius 1 is 1.41 bits per heavy atom. The maximum Gasteiger partial charge on any atom is 0.406 e. The number of imidazole rings is 1. The zero-order chi connectivity index (χ0) is 12.6. The van der Waals surface area contributed by atoms with Crippen molar-refractivity contribution >= 4 is 0 Å². The summed E-state index contributed by atoms with van der Waals surface area (Å²) in [6.07, 6.45) is -3.58. The van der Waals surface area contributed by atoms with Crippen molar-refractivity contribution in [2.24, 2.45) is 0 Å². The van der Waals surface area contributed by atoms with Gasteiger partial charge in [0.25, 0.3) is 0 Å². The molecular weight excluding hydrogens is 231 g/mol. The average molecular weight is 247 g/mol. The lowest BCUT2D eigenvalue weighted by Gasteiger charge is -2.18. The number of alkyl halides is 3. The fourth-order valence-corrected chi connectivity index (χ4v) is 2.19. The van der Waals surface area contributed by atoms with Gasteiger partial charge in [-0.1, -0.05) is 13.8 Å². The second kappa shape index (κ2) is 4.33. The van der Waals surface area contributed by atoms with Crippen molar-refractivity contribution in [2.45, 2.75) is 45.5 Å². The molecule has 1 aromatic heterocycles. The molecule has 17 heavy (non-hydrogen) atoms. The number of fused-ring (bicyclic) bond motifs is 1. The first-order chi connectivity index (χ1) is 7.88. The SMILES string of the molecule is CC(C)c1nc2c(n1CC(F)(F)F)CCNC2. The first-order valence-electron chi connectivity index (χ1n) is 5.74. The van der Waals surface area contributed by atoms with Crippen LogP contribution in [0.4, 0.5) is 13.2 Å². The summed E-state index contributed by atoms with van der Waals surface area (Å²) in [5.74, 6) is 0.541. The van der Waals surface area contributed by atoms with Gasteiger partial charge in [0.2, 0.25) is 0 Å². The minimum absolute atomic E-state index is 0.00273. The molecule has 0 aromatic carbocycles. The summed E-state index contributed by atoms with van der Waals surface area (Å²) in [4.78, 5) is 4.33. The summed E-state index contributed by atoms with van der Waals surface area (Å²) in [5.41, 5.74) is 1.51. The molecule has 2 heterocycles. The topological polar surface area (TPSA) is 29.9 Å². The zero-order valence-corrected chi connectivity index (χ0v) is 9.93. The smallest absolute Gasteiger partial charge is 0.322 e. The highest BCUT2D eigenvalue weighted by atomic mass is 19.4. The number of halogens is 3. The van der Waals surface area contributed by atoms with Crippen molar-refractivity contribution in [3.05, 3.63) is 17.2 Å². The molecule has 0 unspecified atom stereocenters. The number of rotatable bonds is 2. The maximum atomic E-state index is 12.6. The summed E-state index contributed by atoms with van der Waals surface area (Å²) >= 11 is 0. The van der Waals surface area contributed by atoms with Crippen molar-refractivity contribution in [1.29, 1.82) is 0 Å². The molecule has 0 saturated carbocycles. The van der Waals surface area contributed by atoms with Gasteiger partial charge in [-0.3, -0.25) is 0 Å². The zero-order valence-electron chi connectivity index (χ0n) is 9.93. The number of nitrogens with zero attached hydrogens (tertiary/aromatic N) is 2. The highest BCUT2D eigenvalue weighted by Gasteiger charge is 2.32. The van der Waals surface area contributed by atoms with Gasteiger partial charge in [0.15, 0.2) is 0 Å². The van der Waals surface area contributed by atoms with Crippen molar-refractivity contribution in [1.82, 2.24) is 14.9 Å². The lowest BCUT2D eigenvalue weighted by atomic mass is 10.2. The van der Waals surface area contributed by atoms with Crippen LogP contribution in [0, 0.1) is 0 Å². The third-order valence-corrected chi connectivity index (χ3v) is 2.87. The number of aromatic nitrogens is 2. The molecule has 0 atom stereocenters. The number of nitrogens with one attached hydrogen (secondary N) is 1. The summed E-state index contributed by atoms with van der Waals surface area (Å²) in [5, 5.41) is 3.13. The largest absolute Gasteiger partial charge is 0.406 e. The Morgan fingerprint density at radius 3 is 2.71 bits per heavy atom. The normalized spacial score (nSPS) is 16.4. The molecule has 1 N–H and O–H groups in total. The Bertz CT molecular complexity index is 407. The van der Waals surface area contributed by atoms with E-state index in [1.165, 1.54) is 4.57 Å². The second-order valence-corrected chi connectivity index (χ2v) is 4.65. The van der Waals surface area contributed by atoms with E-state index in [-0.39, 0.29) is 5.92 Å². The monoisotopic (exact) mass is 247 g/mol. The van der Waals surface area contributed by atoms with Crippen molar-refractivity contribution in [3.63, 3.8) is 0 Å². The Labute approximate surface area is 98.0 Å². The minimum atomic E-state index is -4.19. The van der Waals surface area contributed by atoms with Crippen LogP contribution in [0.5, 0.6) is 0 Å². The van der Waals surface area contributed by atoms with Gasteiger partial charge in [0.05, 0.1) is 5.69 Å². The Hall–Kier alpha value is -1.04. The fraction of sp³-hybridized carbons (Fsp3) is 0.727.